The van der Waals surface area contributed by atoms with Gasteiger partial charge in [-0.1, -0.05) is 24.3 Å². The predicted octanol–water partition coefficient (Wildman–Crippen LogP) is 3.16. The lowest BCUT2D eigenvalue weighted by Crippen LogP contribution is -2.03. The van der Waals surface area contributed by atoms with Gasteiger partial charge in [0.05, 0.1) is 13.7 Å². The van der Waals surface area contributed by atoms with Crippen LogP contribution in [0.25, 0.3) is 10.9 Å². The van der Waals surface area contributed by atoms with Gasteiger partial charge >= 0.3 is 0 Å². The molecule has 0 saturated heterocycles. The summed E-state index contributed by atoms with van der Waals surface area (Å²) in [6.07, 6.45) is 2.11. The van der Waals surface area contributed by atoms with Crippen molar-refractivity contribution in [1.82, 2.24) is 4.57 Å². The summed E-state index contributed by atoms with van der Waals surface area (Å²) in [7, 11) is 1.70. The van der Waals surface area contributed by atoms with E-state index in [9.17, 15) is 0 Å². The van der Waals surface area contributed by atoms with Crippen LogP contribution in [0.2, 0.25) is 0 Å². The Morgan fingerprint density at radius 1 is 1.10 bits per heavy atom. The van der Waals surface area contributed by atoms with Gasteiger partial charge in [-0.15, -0.1) is 0 Å². The molecule has 20 heavy (non-hydrogen) atoms. The van der Waals surface area contributed by atoms with Crippen molar-refractivity contribution in [1.29, 1.82) is 0 Å². The number of hydrogen-bond donors (Lipinski definition) is 1. The molecule has 3 heteroatoms. The van der Waals surface area contributed by atoms with Crippen LogP contribution >= 0.6 is 0 Å². The fraction of sp³-hybridized carbons (Fsp3) is 0.176. The molecule has 0 atom stereocenters. The smallest absolute Gasteiger partial charge is 0.123 e. The van der Waals surface area contributed by atoms with E-state index in [2.05, 4.69) is 47.2 Å². The Labute approximate surface area is 118 Å². The highest BCUT2D eigenvalue weighted by Crippen LogP contribution is 2.23. The minimum atomic E-state index is 0.545. The van der Waals surface area contributed by atoms with Crippen LogP contribution in [0.1, 0.15) is 11.1 Å². The standard InChI is InChI=1S/C17H18N2O/c1-20-17-7-6-13(11-18)10-15(17)12-19-9-8-14-4-2-3-5-16(14)19/h2-10H,11-12,18H2,1H3. The molecule has 0 aliphatic rings. The first kappa shape index (κ1) is 12.8. The summed E-state index contributed by atoms with van der Waals surface area (Å²) in [4.78, 5) is 0. The quantitative estimate of drug-likeness (QED) is 0.788. The summed E-state index contributed by atoms with van der Waals surface area (Å²) in [6.45, 7) is 1.33. The monoisotopic (exact) mass is 266 g/mol. The van der Waals surface area contributed by atoms with Gasteiger partial charge < -0.3 is 15.0 Å². The molecule has 0 saturated carbocycles. The van der Waals surface area contributed by atoms with Gasteiger partial charge in [0.25, 0.3) is 0 Å². The third-order valence-corrected chi connectivity index (χ3v) is 3.60. The Bertz CT molecular complexity index is 731. The van der Waals surface area contributed by atoms with Crippen molar-refractivity contribution in [3.05, 3.63) is 65.9 Å². The Balaban J connectivity index is 2.01. The molecule has 0 unspecified atom stereocenters. The number of para-hydroxylation sites is 1. The number of rotatable bonds is 4. The van der Waals surface area contributed by atoms with Crippen LogP contribution in [0, 0.1) is 0 Å². The minimum absolute atomic E-state index is 0.545. The second-order valence-corrected chi connectivity index (χ2v) is 4.85. The van der Waals surface area contributed by atoms with E-state index >= 15 is 0 Å². The minimum Gasteiger partial charge on any atom is -0.496 e. The lowest BCUT2D eigenvalue weighted by Gasteiger charge is -2.12. The van der Waals surface area contributed by atoms with Crippen molar-refractivity contribution in [2.45, 2.75) is 13.1 Å². The zero-order chi connectivity index (χ0) is 13.9. The van der Waals surface area contributed by atoms with Gasteiger partial charge in [0, 0.05) is 23.8 Å². The van der Waals surface area contributed by atoms with E-state index in [1.54, 1.807) is 7.11 Å². The Hall–Kier alpha value is -2.26. The molecule has 1 aromatic heterocycles. The first-order valence-corrected chi connectivity index (χ1v) is 6.71. The van der Waals surface area contributed by atoms with E-state index in [-0.39, 0.29) is 0 Å². The molecule has 0 radical (unpaired) electrons. The molecule has 0 aliphatic heterocycles. The van der Waals surface area contributed by atoms with Gasteiger partial charge in [-0.3, -0.25) is 0 Å². The predicted molar refractivity (Wildman–Crippen MR) is 81.9 cm³/mol. The molecule has 0 aliphatic carbocycles. The lowest BCUT2D eigenvalue weighted by atomic mass is 10.1. The summed E-state index contributed by atoms with van der Waals surface area (Å²) < 4.78 is 7.68. The molecule has 2 N–H and O–H groups in total. The lowest BCUT2D eigenvalue weighted by molar-refractivity contribution is 0.408. The Kier molecular flexibility index (Phi) is 3.44. The molecule has 0 bridgehead atoms. The number of benzene rings is 2. The highest BCUT2D eigenvalue weighted by atomic mass is 16.5. The van der Waals surface area contributed by atoms with Crippen LogP contribution in [0.15, 0.2) is 54.7 Å². The van der Waals surface area contributed by atoms with Crippen LogP contribution in [-0.4, -0.2) is 11.7 Å². The molecule has 102 valence electrons. The first-order valence-electron chi connectivity index (χ1n) is 6.71. The number of fused-ring (bicyclic) bond motifs is 1. The van der Waals surface area contributed by atoms with Crippen molar-refractivity contribution in [3.8, 4) is 5.75 Å². The summed E-state index contributed by atoms with van der Waals surface area (Å²) in [5.41, 5.74) is 9.23. The third-order valence-electron chi connectivity index (χ3n) is 3.60. The number of aromatic nitrogens is 1. The number of hydrogen-bond acceptors (Lipinski definition) is 2. The number of ether oxygens (including phenoxy) is 1. The largest absolute Gasteiger partial charge is 0.496 e. The van der Waals surface area contributed by atoms with Crippen molar-refractivity contribution in [3.63, 3.8) is 0 Å². The third kappa shape index (κ3) is 2.28. The van der Waals surface area contributed by atoms with Crippen molar-refractivity contribution < 1.29 is 4.74 Å². The van der Waals surface area contributed by atoms with E-state index in [1.807, 2.05) is 12.1 Å². The van der Waals surface area contributed by atoms with Crippen LogP contribution in [-0.2, 0) is 13.1 Å². The molecular formula is C17H18N2O. The fourth-order valence-corrected chi connectivity index (χ4v) is 2.54. The number of nitrogens with zero attached hydrogens (tertiary/aromatic N) is 1. The molecule has 0 amide bonds. The number of methoxy groups -OCH3 is 1. The van der Waals surface area contributed by atoms with Gasteiger partial charge in [0.1, 0.15) is 5.75 Å². The first-order chi connectivity index (χ1) is 9.81. The Morgan fingerprint density at radius 2 is 1.95 bits per heavy atom. The maximum absolute atomic E-state index is 5.73. The molecule has 2 aromatic carbocycles. The normalized spacial score (nSPS) is 10.9. The molecular weight excluding hydrogens is 248 g/mol. The molecule has 0 fully saturated rings. The van der Waals surface area contributed by atoms with Gasteiger partial charge in [0.15, 0.2) is 0 Å². The van der Waals surface area contributed by atoms with Crippen LogP contribution < -0.4 is 10.5 Å². The van der Waals surface area contributed by atoms with Crippen molar-refractivity contribution in [2.24, 2.45) is 5.73 Å². The van der Waals surface area contributed by atoms with E-state index in [0.29, 0.717) is 6.54 Å². The topological polar surface area (TPSA) is 40.2 Å². The average Bonchev–Trinajstić information content (AvgIpc) is 2.90. The van der Waals surface area contributed by atoms with Crippen molar-refractivity contribution in [2.75, 3.05) is 7.11 Å². The maximum Gasteiger partial charge on any atom is 0.123 e. The average molecular weight is 266 g/mol. The van der Waals surface area contributed by atoms with Gasteiger partial charge in [-0.05, 0) is 35.2 Å². The van der Waals surface area contributed by atoms with Gasteiger partial charge in [-0.25, -0.2) is 0 Å². The zero-order valence-corrected chi connectivity index (χ0v) is 11.5. The number of nitrogens with two attached hydrogens (primary N) is 1. The molecule has 3 rings (SSSR count). The molecule has 1 heterocycles. The van der Waals surface area contributed by atoms with Crippen LogP contribution in [0.3, 0.4) is 0 Å². The zero-order valence-electron chi connectivity index (χ0n) is 11.5. The Morgan fingerprint density at radius 3 is 2.75 bits per heavy atom. The van der Waals surface area contributed by atoms with Gasteiger partial charge in [-0.2, -0.15) is 0 Å². The molecule has 0 spiro atoms. The maximum atomic E-state index is 5.73. The van der Waals surface area contributed by atoms with E-state index < -0.39 is 0 Å². The van der Waals surface area contributed by atoms with Crippen LogP contribution in [0.5, 0.6) is 5.75 Å². The highest BCUT2D eigenvalue weighted by Gasteiger charge is 2.07. The summed E-state index contributed by atoms with van der Waals surface area (Å²) in [5.74, 6) is 0.903. The van der Waals surface area contributed by atoms with Crippen molar-refractivity contribution >= 4 is 10.9 Å². The van der Waals surface area contributed by atoms with E-state index in [1.165, 1.54) is 10.9 Å². The second-order valence-electron chi connectivity index (χ2n) is 4.85. The molecule has 3 nitrogen and oxygen atoms in total. The highest BCUT2D eigenvalue weighted by molar-refractivity contribution is 5.80. The SMILES string of the molecule is COc1ccc(CN)cc1Cn1ccc2ccccc21. The second kappa shape index (κ2) is 5.39. The van der Waals surface area contributed by atoms with Crippen LogP contribution in [0.4, 0.5) is 0 Å². The summed E-state index contributed by atoms with van der Waals surface area (Å²) in [6, 6.07) is 16.6. The van der Waals surface area contributed by atoms with Gasteiger partial charge in [0.2, 0.25) is 0 Å². The van der Waals surface area contributed by atoms with E-state index in [0.717, 1.165) is 23.4 Å². The molecule has 3 aromatic rings. The summed E-state index contributed by atoms with van der Waals surface area (Å²) in [5, 5.41) is 1.25. The van der Waals surface area contributed by atoms with E-state index in [4.69, 9.17) is 10.5 Å². The summed E-state index contributed by atoms with van der Waals surface area (Å²) >= 11 is 0. The fourth-order valence-electron chi connectivity index (χ4n) is 2.54.